The van der Waals surface area contributed by atoms with Crippen LogP contribution in [0.25, 0.3) is 0 Å². The molecule has 0 fully saturated rings. The van der Waals surface area contributed by atoms with Crippen LogP contribution >= 0.6 is 31.9 Å². The Morgan fingerprint density at radius 2 is 2.04 bits per heavy atom. The molecule has 4 nitrogen and oxygen atoms in total. The molecule has 0 saturated heterocycles. The maximum absolute atomic E-state index is 12.0. The van der Waals surface area contributed by atoms with Crippen LogP contribution in [0.3, 0.4) is 0 Å². The van der Waals surface area contributed by atoms with Gasteiger partial charge in [-0.2, -0.15) is 5.10 Å². The summed E-state index contributed by atoms with van der Waals surface area (Å²) < 4.78 is 7.40. The fourth-order valence-corrected chi connectivity index (χ4v) is 2.74. The fourth-order valence-electron chi connectivity index (χ4n) is 1.83. The van der Waals surface area contributed by atoms with Gasteiger partial charge < -0.3 is 4.74 Å². The first kappa shape index (κ1) is 18.7. The minimum Gasteiger partial charge on any atom is -0.492 e. The van der Waals surface area contributed by atoms with Crippen LogP contribution in [0.2, 0.25) is 0 Å². The molecule has 0 spiro atoms. The van der Waals surface area contributed by atoms with E-state index in [2.05, 4.69) is 56.2 Å². The molecule has 0 bridgehead atoms. The van der Waals surface area contributed by atoms with E-state index in [0.717, 1.165) is 20.3 Å². The van der Waals surface area contributed by atoms with Crippen LogP contribution in [0, 0.1) is 5.92 Å². The predicted molar refractivity (Wildman–Crippen MR) is 104 cm³/mol. The van der Waals surface area contributed by atoms with E-state index in [1.807, 2.05) is 24.3 Å². The highest BCUT2D eigenvalue weighted by Gasteiger charge is 2.05. The summed E-state index contributed by atoms with van der Waals surface area (Å²) in [6, 6.07) is 12.8. The first-order valence-corrected chi connectivity index (χ1v) is 9.05. The van der Waals surface area contributed by atoms with Gasteiger partial charge >= 0.3 is 0 Å². The lowest BCUT2D eigenvalue weighted by atomic mass is 10.2. The molecule has 126 valence electrons. The van der Waals surface area contributed by atoms with Gasteiger partial charge in [0.1, 0.15) is 5.75 Å². The summed E-state index contributed by atoms with van der Waals surface area (Å²) in [5.41, 5.74) is 3.91. The second-order valence-electron chi connectivity index (χ2n) is 5.60. The molecule has 2 aromatic carbocycles. The Hall–Kier alpha value is -1.66. The zero-order valence-corrected chi connectivity index (χ0v) is 16.6. The van der Waals surface area contributed by atoms with Crippen LogP contribution in [-0.4, -0.2) is 18.7 Å². The van der Waals surface area contributed by atoms with Crippen LogP contribution < -0.4 is 10.2 Å². The van der Waals surface area contributed by atoms with Gasteiger partial charge in [0, 0.05) is 10.0 Å². The van der Waals surface area contributed by atoms with E-state index in [0.29, 0.717) is 18.1 Å². The summed E-state index contributed by atoms with van der Waals surface area (Å²) in [5.74, 6) is 0.994. The smallest absolute Gasteiger partial charge is 0.271 e. The molecule has 1 amide bonds. The molecule has 0 heterocycles. The molecule has 1 N–H and O–H groups in total. The van der Waals surface area contributed by atoms with E-state index >= 15 is 0 Å². The quantitative estimate of drug-likeness (QED) is 0.493. The summed E-state index contributed by atoms with van der Waals surface area (Å²) in [6.07, 6.45) is 1.59. The number of hydrazone groups is 1. The van der Waals surface area contributed by atoms with Crippen molar-refractivity contribution in [2.24, 2.45) is 11.0 Å². The molecule has 0 aliphatic heterocycles. The van der Waals surface area contributed by atoms with Gasteiger partial charge in [0.25, 0.3) is 5.91 Å². The third-order valence-electron chi connectivity index (χ3n) is 2.99. The van der Waals surface area contributed by atoms with Crippen LogP contribution in [-0.2, 0) is 0 Å². The van der Waals surface area contributed by atoms with Gasteiger partial charge in [-0.15, -0.1) is 0 Å². The van der Waals surface area contributed by atoms with Gasteiger partial charge in [-0.25, -0.2) is 5.43 Å². The Kier molecular flexibility index (Phi) is 6.99. The maximum Gasteiger partial charge on any atom is 0.271 e. The molecule has 0 unspecified atom stereocenters. The van der Waals surface area contributed by atoms with E-state index in [1.54, 1.807) is 24.4 Å². The lowest BCUT2D eigenvalue weighted by molar-refractivity contribution is 0.0955. The van der Waals surface area contributed by atoms with Crippen molar-refractivity contribution in [3.63, 3.8) is 0 Å². The highest BCUT2D eigenvalue weighted by atomic mass is 79.9. The highest BCUT2D eigenvalue weighted by molar-refractivity contribution is 9.10. The number of halogens is 2. The van der Waals surface area contributed by atoms with Crippen molar-refractivity contribution in [3.05, 3.63) is 62.5 Å². The van der Waals surface area contributed by atoms with Gasteiger partial charge in [0.15, 0.2) is 0 Å². The van der Waals surface area contributed by atoms with Crippen molar-refractivity contribution >= 4 is 44.0 Å². The minimum atomic E-state index is -0.261. The number of nitrogens with one attached hydrogen (secondary N) is 1. The third-order valence-corrected chi connectivity index (χ3v) is 4.11. The fraction of sp³-hybridized carbons (Fsp3) is 0.222. The number of carbonyl (C=O) groups excluding carboxylic acids is 1. The predicted octanol–water partition coefficient (Wildman–Crippen LogP) is 5.01. The van der Waals surface area contributed by atoms with Gasteiger partial charge in [-0.3, -0.25) is 4.79 Å². The van der Waals surface area contributed by atoms with Crippen molar-refractivity contribution in [1.82, 2.24) is 5.43 Å². The second kappa shape index (κ2) is 8.99. The third kappa shape index (κ3) is 5.76. The lowest BCUT2D eigenvalue weighted by Gasteiger charge is -2.10. The minimum absolute atomic E-state index is 0.261. The van der Waals surface area contributed by atoms with Gasteiger partial charge in [0.05, 0.1) is 17.3 Å². The molecule has 0 aromatic heterocycles. The van der Waals surface area contributed by atoms with Crippen molar-refractivity contribution in [2.45, 2.75) is 13.8 Å². The molecule has 24 heavy (non-hydrogen) atoms. The normalized spacial score (nSPS) is 11.0. The molecular weight excluding hydrogens is 436 g/mol. The van der Waals surface area contributed by atoms with Gasteiger partial charge in [-0.1, -0.05) is 35.8 Å². The number of hydrogen-bond acceptors (Lipinski definition) is 3. The number of hydrogen-bond donors (Lipinski definition) is 1. The summed E-state index contributed by atoms with van der Waals surface area (Å²) in [5, 5.41) is 3.99. The first-order chi connectivity index (χ1) is 11.5. The molecule has 2 rings (SSSR count). The van der Waals surface area contributed by atoms with E-state index in [-0.39, 0.29) is 5.91 Å². The summed E-state index contributed by atoms with van der Waals surface area (Å²) in [6.45, 7) is 4.86. The Morgan fingerprint density at radius 1 is 1.25 bits per heavy atom. The average molecular weight is 454 g/mol. The Bertz CT molecular complexity index is 746. The highest BCUT2D eigenvalue weighted by Crippen LogP contribution is 2.26. The Balaban J connectivity index is 1.96. The SMILES string of the molecule is CC(C)COc1ccc(/C=N\NC(=O)c2cccc(Br)c2)cc1Br. The van der Waals surface area contributed by atoms with Crippen molar-refractivity contribution in [3.8, 4) is 5.75 Å². The van der Waals surface area contributed by atoms with Gasteiger partial charge in [-0.05, 0) is 63.8 Å². The van der Waals surface area contributed by atoms with Crippen molar-refractivity contribution in [2.75, 3.05) is 6.61 Å². The number of rotatable bonds is 6. The van der Waals surface area contributed by atoms with Crippen LogP contribution in [0.5, 0.6) is 5.75 Å². The number of benzene rings is 2. The molecule has 2 aromatic rings. The van der Waals surface area contributed by atoms with Crippen LogP contribution in [0.4, 0.5) is 0 Å². The van der Waals surface area contributed by atoms with Crippen LogP contribution in [0.1, 0.15) is 29.8 Å². The molecular formula is C18H18Br2N2O2. The Morgan fingerprint density at radius 3 is 2.71 bits per heavy atom. The van der Waals surface area contributed by atoms with Crippen molar-refractivity contribution in [1.29, 1.82) is 0 Å². The van der Waals surface area contributed by atoms with E-state index in [1.165, 1.54) is 0 Å². The Labute approximate surface area is 158 Å². The molecule has 6 heteroatoms. The van der Waals surface area contributed by atoms with E-state index in [9.17, 15) is 4.79 Å². The largest absolute Gasteiger partial charge is 0.492 e. The second-order valence-corrected chi connectivity index (χ2v) is 7.37. The molecule has 0 radical (unpaired) electrons. The number of nitrogens with zero attached hydrogens (tertiary/aromatic N) is 1. The summed E-state index contributed by atoms with van der Waals surface area (Å²) in [7, 11) is 0. The number of carbonyl (C=O) groups is 1. The van der Waals surface area contributed by atoms with E-state index < -0.39 is 0 Å². The van der Waals surface area contributed by atoms with Crippen molar-refractivity contribution < 1.29 is 9.53 Å². The molecule has 0 aliphatic rings. The summed E-state index contributed by atoms with van der Waals surface area (Å²) in [4.78, 5) is 12.0. The standard InChI is InChI=1S/C18H18Br2N2O2/c1-12(2)11-24-17-7-6-13(8-16(17)20)10-21-22-18(23)14-4-3-5-15(19)9-14/h3-10,12H,11H2,1-2H3,(H,22,23)/b21-10-. The average Bonchev–Trinajstić information content (AvgIpc) is 2.53. The number of amides is 1. The monoisotopic (exact) mass is 452 g/mol. The first-order valence-electron chi connectivity index (χ1n) is 7.47. The van der Waals surface area contributed by atoms with Crippen LogP contribution in [0.15, 0.2) is 56.5 Å². The topological polar surface area (TPSA) is 50.7 Å². The van der Waals surface area contributed by atoms with Gasteiger partial charge in [0.2, 0.25) is 0 Å². The van der Waals surface area contributed by atoms with E-state index in [4.69, 9.17) is 4.74 Å². The number of ether oxygens (including phenoxy) is 1. The maximum atomic E-state index is 12.0. The molecule has 0 atom stereocenters. The zero-order chi connectivity index (χ0) is 17.5. The molecule has 0 saturated carbocycles. The lowest BCUT2D eigenvalue weighted by Crippen LogP contribution is -2.17. The zero-order valence-electron chi connectivity index (χ0n) is 13.4. The summed E-state index contributed by atoms with van der Waals surface area (Å²) >= 11 is 6.82. The molecule has 0 aliphatic carbocycles.